The number of anilines is 3. The number of carbonyl (C=O) groups excluding carboxylic acids is 6. The molecule has 15 nitrogen and oxygen atoms in total. The predicted molar refractivity (Wildman–Crippen MR) is 199 cm³/mol. The van der Waals surface area contributed by atoms with E-state index in [0.717, 1.165) is 35.9 Å². The van der Waals surface area contributed by atoms with Crippen molar-refractivity contribution in [1.82, 2.24) is 10.4 Å². The Labute approximate surface area is 309 Å². The van der Waals surface area contributed by atoms with Gasteiger partial charge in [-0.1, -0.05) is 0 Å². The van der Waals surface area contributed by atoms with E-state index in [2.05, 4.69) is 11.4 Å². The molecule has 1 saturated heterocycles. The molecule has 3 aromatic carbocycles. The molecule has 3 N–H and O–H groups in total. The molecule has 15 heteroatoms. The predicted octanol–water partition coefficient (Wildman–Crippen LogP) is 3.85. The summed E-state index contributed by atoms with van der Waals surface area (Å²) in [6.45, 7) is 1.81. The van der Waals surface area contributed by atoms with Gasteiger partial charge in [0.2, 0.25) is 5.91 Å². The number of carbonyl (C=O) groups is 7. The number of aliphatic carboxylic acids is 1. The van der Waals surface area contributed by atoms with Crippen LogP contribution < -0.4 is 20.0 Å². The average Bonchev–Trinajstić information content (AvgIpc) is 3.49. The number of hydrogen-bond acceptors (Lipinski definition) is 12. The van der Waals surface area contributed by atoms with Crippen molar-refractivity contribution in [2.45, 2.75) is 32.1 Å². The van der Waals surface area contributed by atoms with Crippen LogP contribution in [0, 0.1) is 11.3 Å². The maximum Gasteiger partial charge on any atom is 0.305 e. The normalized spacial score (nSPS) is 11.1. The third-order valence-corrected chi connectivity index (χ3v) is 7.61. The SMILES string of the molecule is CN(CCC#N)c1ccc(C=O)cc1.CN(CCC(=O)O)c1ccc(C=O)cc1.CNC(=O)CCN(C)c1ccc(C=O)cc1.O=C1CCC(=O)N1O. The standard InChI is InChI=1S/C12H16N2O2.C11H12N2O.C11H13NO3.C4H5NO3/c1-13-12(16)7-8-14(2)11-5-3-10(9-15)4-6-11;1-13(8-2-7-12)11-5-3-10(9-14)4-6-11;1-12(7-6-11(14)15)10-4-2-9(8-13)3-5-10;6-3-1-2-4(7)5(3)8/h3-6,9H,7-8H2,1-2H3,(H,13,16);3-6,9H,2,8H2,1H3;2-5,8H,6-7H2,1H3,(H,14,15);8H,1-2H2. The summed E-state index contributed by atoms with van der Waals surface area (Å²) >= 11 is 0. The molecule has 4 rings (SSSR count). The summed E-state index contributed by atoms with van der Waals surface area (Å²) in [7, 11) is 7.28. The van der Waals surface area contributed by atoms with E-state index >= 15 is 0 Å². The van der Waals surface area contributed by atoms with Crippen LogP contribution in [0.4, 0.5) is 17.1 Å². The van der Waals surface area contributed by atoms with Crippen LogP contribution in [0.5, 0.6) is 0 Å². The minimum absolute atomic E-state index is 0.0244. The number of amides is 3. The molecule has 0 atom stereocenters. The Morgan fingerprint density at radius 1 is 0.698 bits per heavy atom. The van der Waals surface area contributed by atoms with Crippen LogP contribution in [0.3, 0.4) is 0 Å². The van der Waals surface area contributed by atoms with E-state index in [1.807, 2.05) is 60.1 Å². The van der Waals surface area contributed by atoms with Gasteiger partial charge in [-0.15, -0.1) is 0 Å². The van der Waals surface area contributed by atoms with E-state index in [-0.39, 0.29) is 30.2 Å². The number of nitrogens with one attached hydrogen (secondary N) is 1. The van der Waals surface area contributed by atoms with Crippen LogP contribution >= 0.6 is 0 Å². The summed E-state index contributed by atoms with van der Waals surface area (Å²) in [5.74, 6) is -1.80. The van der Waals surface area contributed by atoms with Gasteiger partial charge in [-0.2, -0.15) is 10.3 Å². The summed E-state index contributed by atoms with van der Waals surface area (Å²) < 4.78 is 0. The fourth-order valence-corrected chi connectivity index (χ4v) is 4.25. The van der Waals surface area contributed by atoms with Gasteiger partial charge in [0.25, 0.3) is 11.8 Å². The zero-order valence-electron chi connectivity index (χ0n) is 30.3. The van der Waals surface area contributed by atoms with Crippen molar-refractivity contribution in [2.75, 3.05) is 62.5 Å². The first kappa shape index (κ1) is 44.6. The molecule has 0 unspecified atom stereocenters. The highest BCUT2D eigenvalue weighted by molar-refractivity contribution is 6.00. The number of carboxylic acids is 1. The van der Waals surface area contributed by atoms with Crippen LogP contribution in [0.15, 0.2) is 72.8 Å². The van der Waals surface area contributed by atoms with E-state index in [1.165, 1.54) is 0 Å². The van der Waals surface area contributed by atoms with E-state index in [1.54, 1.807) is 55.6 Å². The Balaban J connectivity index is 0.000000361. The van der Waals surface area contributed by atoms with Gasteiger partial charge < -0.3 is 25.1 Å². The molecule has 0 spiro atoms. The smallest absolute Gasteiger partial charge is 0.305 e. The first-order valence-corrected chi connectivity index (χ1v) is 16.4. The Kier molecular flexibility index (Phi) is 20.8. The maximum atomic E-state index is 11.1. The molecule has 0 radical (unpaired) electrons. The number of carboxylic acid groups (broad SMARTS) is 1. The van der Waals surface area contributed by atoms with E-state index < -0.39 is 17.8 Å². The fourth-order valence-electron chi connectivity index (χ4n) is 4.25. The minimum atomic E-state index is -0.814. The largest absolute Gasteiger partial charge is 0.481 e. The number of imide groups is 1. The van der Waals surface area contributed by atoms with Crippen molar-refractivity contribution in [3.8, 4) is 6.07 Å². The van der Waals surface area contributed by atoms with E-state index in [0.29, 0.717) is 49.2 Å². The highest BCUT2D eigenvalue weighted by Crippen LogP contribution is 2.15. The topological polar surface area (TPSA) is 209 Å². The number of benzene rings is 3. The second-order valence-electron chi connectivity index (χ2n) is 11.5. The zero-order valence-corrected chi connectivity index (χ0v) is 30.3. The molecule has 1 aliphatic rings. The first-order chi connectivity index (χ1) is 25.3. The molecular weight excluding hydrogens is 684 g/mol. The molecule has 0 aromatic heterocycles. The number of nitriles is 1. The van der Waals surface area contributed by atoms with Gasteiger partial charge in [0.05, 0.1) is 18.9 Å². The molecular formula is C38H46N6O9. The number of rotatable bonds is 14. The van der Waals surface area contributed by atoms with Crippen molar-refractivity contribution < 1.29 is 43.9 Å². The van der Waals surface area contributed by atoms with Gasteiger partial charge in [-0.05, 0) is 72.8 Å². The second kappa shape index (κ2) is 24.7. The number of hydroxylamine groups is 2. The Morgan fingerprint density at radius 2 is 1.04 bits per heavy atom. The lowest BCUT2D eigenvalue weighted by Crippen LogP contribution is -2.26. The van der Waals surface area contributed by atoms with Crippen LogP contribution in [-0.2, 0) is 19.2 Å². The highest BCUT2D eigenvalue weighted by atomic mass is 16.5. The summed E-state index contributed by atoms with van der Waals surface area (Å²) in [6.07, 6.45) is 3.78. The summed E-state index contributed by atoms with van der Waals surface area (Å²) in [6, 6.07) is 23.7. The third-order valence-electron chi connectivity index (χ3n) is 7.61. The van der Waals surface area contributed by atoms with E-state index in [4.69, 9.17) is 15.6 Å². The molecule has 53 heavy (non-hydrogen) atoms. The van der Waals surface area contributed by atoms with Crippen molar-refractivity contribution in [3.63, 3.8) is 0 Å². The molecule has 282 valence electrons. The number of hydrogen-bond donors (Lipinski definition) is 3. The average molecular weight is 731 g/mol. The molecule has 3 aromatic rings. The maximum absolute atomic E-state index is 11.1. The van der Waals surface area contributed by atoms with Crippen LogP contribution in [0.1, 0.15) is 63.2 Å². The van der Waals surface area contributed by atoms with Crippen molar-refractivity contribution in [3.05, 3.63) is 89.5 Å². The lowest BCUT2D eigenvalue weighted by Gasteiger charge is -2.18. The van der Waals surface area contributed by atoms with Gasteiger partial charge in [-0.3, -0.25) is 38.8 Å². The van der Waals surface area contributed by atoms with Gasteiger partial charge >= 0.3 is 5.97 Å². The summed E-state index contributed by atoms with van der Waals surface area (Å²) in [4.78, 5) is 79.0. The number of nitrogens with zero attached hydrogens (tertiary/aromatic N) is 5. The molecule has 0 saturated carbocycles. The van der Waals surface area contributed by atoms with E-state index in [9.17, 15) is 33.6 Å². The van der Waals surface area contributed by atoms with Crippen LogP contribution in [0.2, 0.25) is 0 Å². The lowest BCUT2D eigenvalue weighted by molar-refractivity contribution is -0.171. The first-order valence-electron chi connectivity index (χ1n) is 16.4. The molecule has 1 fully saturated rings. The number of aldehydes is 3. The van der Waals surface area contributed by atoms with Crippen molar-refractivity contribution >= 4 is 59.6 Å². The van der Waals surface area contributed by atoms with Gasteiger partial charge in [0, 0.05) is 101 Å². The van der Waals surface area contributed by atoms with Gasteiger partial charge in [-0.25, -0.2) is 0 Å². The molecule has 0 aliphatic carbocycles. The second-order valence-corrected chi connectivity index (χ2v) is 11.5. The summed E-state index contributed by atoms with van der Waals surface area (Å²) in [5, 5.41) is 28.1. The summed E-state index contributed by atoms with van der Waals surface area (Å²) in [5.41, 5.74) is 4.86. The van der Waals surface area contributed by atoms with Crippen molar-refractivity contribution in [1.29, 1.82) is 5.26 Å². The van der Waals surface area contributed by atoms with Gasteiger partial charge in [0.1, 0.15) is 18.9 Å². The van der Waals surface area contributed by atoms with Gasteiger partial charge in [0.15, 0.2) is 0 Å². The highest BCUT2D eigenvalue weighted by Gasteiger charge is 2.26. The Hall–Kier alpha value is -6.40. The third kappa shape index (κ3) is 17.4. The Bertz CT molecular complexity index is 1660. The molecule has 0 bridgehead atoms. The molecule has 1 heterocycles. The minimum Gasteiger partial charge on any atom is -0.481 e. The lowest BCUT2D eigenvalue weighted by atomic mass is 10.2. The quantitative estimate of drug-likeness (QED) is 0.122. The van der Waals surface area contributed by atoms with Crippen LogP contribution in [0.25, 0.3) is 0 Å². The monoisotopic (exact) mass is 730 g/mol. The van der Waals surface area contributed by atoms with Crippen molar-refractivity contribution in [2.24, 2.45) is 0 Å². The Morgan fingerprint density at radius 3 is 1.30 bits per heavy atom. The molecule has 3 amide bonds. The fraction of sp³-hybridized carbons (Fsp3) is 0.316. The molecule has 1 aliphatic heterocycles. The zero-order chi connectivity index (χ0) is 39.8. The van der Waals surface area contributed by atoms with Crippen LogP contribution in [-0.4, -0.2) is 106 Å².